The number of amides is 1. The summed E-state index contributed by atoms with van der Waals surface area (Å²) in [4.78, 5) is 12.7. The van der Waals surface area contributed by atoms with Crippen LogP contribution in [0.2, 0.25) is 0 Å². The quantitative estimate of drug-likeness (QED) is 0.911. The van der Waals surface area contributed by atoms with E-state index in [4.69, 9.17) is 5.73 Å². The maximum Gasteiger partial charge on any atom is 0.242 e. The molecule has 0 radical (unpaired) electrons. The van der Waals surface area contributed by atoms with E-state index >= 15 is 0 Å². The van der Waals surface area contributed by atoms with Crippen LogP contribution in [-0.2, 0) is 4.79 Å². The van der Waals surface area contributed by atoms with E-state index in [-0.39, 0.29) is 5.56 Å². The van der Waals surface area contributed by atoms with Crippen LogP contribution in [0.3, 0.4) is 0 Å². The van der Waals surface area contributed by atoms with Gasteiger partial charge < -0.3 is 11.1 Å². The highest BCUT2D eigenvalue weighted by Crippen LogP contribution is 2.22. The van der Waals surface area contributed by atoms with E-state index in [2.05, 4.69) is 5.32 Å². The van der Waals surface area contributed by atoms with Crippen molar-refractivity contribution in [3.05, 3.63) is 57.8 Å². The van der Waals surface area contributed by atoms with Crippen molar-refractivity contribution in [3.8, 4) is 0 Å². The van der Waals surface area contributed by atoms with Crippen LogP contribution in [0.5, 0.6) is 0 Å². The summed E-state index contributed by atoms with van der Waals surface area (Å²) in [6, 6.07) is 5.47. The normalized spacial score (nSPS) is 13.8. The molecule has 2 atom stereocenters. The molecule has 0 fully saturated rings. The Labute approximate surface area is 119 Å². The first-order chi connectivity index (χ1) is 9.50. The van der Waals surface area contributed by atoms with Gasteiger partial charge in [0.25, 0.3) is 0 Å². The average molecular weight is 296 g/mol. The van der Waals surface area contributed by atoms with Crippen molar-refractivity contribution in [2.45, 2.75) is 19.0 Å². The summed E-state index contributed by atoms with van der Waals surface area (Å²) in [6.45, 7) is 1.51. The first-order valence-corrected chi connectivity index (χ1v) is 6.92. The molecule has 2 unspecified atom stereocenters. The highest BCUT2D eigenvalue weighted by atomic mass is 32.1. The van der Waals surface area contributed by atoms with Crippen LogP contribution >= 0.6 is 11.3 Å². The van der Waals surface area contributed by atoms with Gasteiger partial charge in [-0.25, -0.2) is 8.78 Å². The Balaban J connectivity index is 2.12. The molecule has 6 heteroatoms. The predicted octanol–water partition coefficient (Wildman–Crippen LogP) is 2.90. The summed E-state index contributed by atoms with van der Waals surface area (Å²) in [6.07, 6.45) is 0. The van der Waals surface area contributed by atoms with E-state index in [1.54, 1.807) is 12.1 Å². The number of carbonyl (C=O) groups is 1. The summed E-state index contributed by atoms with van der Waals surface area (Å²) < 4.78 is 27.2. The largest absolute Gasteiger partial charge is 0.348 e. The van der Waals surface area contributed by atoms with Gasteiger partial charge in [-0.2, -0.15) is 0 Å². The number of nitrogens with one attached hydrogen (secondary N) is 1. The zero-order valence-corrected chi connectivity index (χ0v) is 11.6. The van der Waals surface area contributed by atoms with Gasteiger partial charge in [0.2, 0.25) is 5.91 Å². The molecule has 0 aliphatic rings. The smallest absolute Gasteiger partial charge is 0.242 e. The maximum absolute atomic E-state index is 13.6. The Hall–Kier alpha value is -1.79. The van der Waals surface area contributed by atoms with Crippen LogP contribution in [0, 0.1) is 11.6 Å². The number of nitrogens with two attached hydrogens (primary N) is 1. The van der Waals surface area contributed by atoms with E-state index in [1.807, 2.05) is 5.38 Å². The van der Waals surface area contributed by atoms with Crippen LogP contribution in [-0.4, -0.2) is 5.91 Å². The van der Waals surface area contributed by atoms with Crippen molar-refractivity contribution in [2.75, 3.05) is 0 Å². The molecule has 0 aliphatic carbocycles. The Bertz CT molecular complexity index is 581. The van der Waals surface area contributed by atoms with Gasteiger partial charge in [-0.15, -0.1) is 11.3 Å². The van der Waals surface area contributed by atoms with Gasteiger partial charge in [-0.1, -0.05) is 12.1 Å². The topological polar surface area (TPSA) is 55.1 Å². The standard InChI is InChI=1S/C14H14F2N2OS/c1-8(12-9(15)4-2-5-10(12)16)18-14(19)13(17)11-6-3-7-20-11/h2-8,13H,17H2,1H3,(H,18,19). The van der Waals surface area contributed by atoms with Crippen LogP contribution in [0.15, 0.2) is 35.7 Å². The maximum atomic E-state index is 13.6. The molecule has 1 heterocycles. The Morgan fingerprint density at radius 2 is 1.90 bits per heavy atom. The van der Waals surface area contributed by atoms with Crippen LogP contribution in [0.25, 0.3) is 0 Å². The fraction of sp³-hybridized carbons (Fsp3) is 0.214. The summed E-state index contributed by atoms with van der Waals surface area (Å²) in [5, 5.41) is 4.34. The lowest BCUT2D eigenvalue weighted by molar-refractivity contribution is -0.123. The number of carbonyl (C=O) groups excluding carboxylic acids is 1. The molecule has 20 heavy (non-hydrogen) atoms. The molecule has 106 valence electrons. The summed E-state index contributed by atoms with van der Waals surface area (Å²) in [7, 11) is 0. The minimum Gasteiger partial charge on any atom is -0.348 e. The molecule has 0 saturated carbocycles. The molecular formula is C14H14F2N2OS. The fourth-order valence-corrected chi connectivity index (χ4v) is 2.62. The molecule has 3 N–H and O–H groups in total. The molecular weight excluding hydrogens is 282 g/mol. The van der Waals surface area contributed by atoms with Crippen molar-refractivity contribution < 1.29 is 13.6 Å². The van der Waals surface area contributed by atoms with Gasteiger partial charge in [0.1, 0.15) is 17.7 Å². The van der Waals surface area contributed by atoms with Crippen LogP contribution in [0.1, 0.15) is 29.4 Å². The highest BCUT2D eigenvalue weighted by molar-refractivity contribution is 7.10. The van der Waals surface area contributed by atoms with Crippen molar-refractivity contribution in [2.24, 2.45) is 5.73 Å². The van der Waals surface area contributed by atoms with E-state index in [1.165, 1.54) is 24.3 Å². The minimum atomic E-state index is -0.840. The van der Waals surface area contributed by atoms with Gasteiger partial charge in [-0.05, 0) is 30.5 Å². The van der Waals surface area contributed by atoms with Gasteiger partial charge >= 0.3 is 0 Å². The third-order valence-electron chi connectivity index (χ3n) is 2.92. The molecule has 0 bridgehead atoms. The molecule has 3 nitrogen and oxygen atoms in total. The van der Waals surface area contributed by atoms with Crippen molar-refractivity contribution in [1.29, 1.82) is 0 Å². The Morgan fingerprint density at radius 3 is 2.45 bits per heavy atom. The lowest BCUT2D eigenvalue weighted by Crippen LogP contribution is -2.35. The highest BCUT2D eigenvalue weighted by Gasteiger charge is 2.22. The Morgan fingerprint density at radius 1 is 1.25 bits per heavy atom. The minimum absolute atomic E-state index is 0.167. The zero-order valence-electron chi connectivity index (χ0n) is 10.8. The van der Waals surface area contributed by atoms with Crippen molar-refractivity contribution >= 4 is 17.2 Å². The number of rotatable bonds is 4. The van der Waals surface area contributed by atoms with Gasteiger partial charge in [0.15, 0.2) is 0 Å². The van der Waals surface area contributed by atoms with Crippen LogP contribution < -0.4 is 11.1 Å². The number of benzene rings is 1. The molecule has 1 aromatic carbocycles. The monoisotopic (exact) mass is 296 g/mol. The zero-order chi connectivity index (χ0) is 14.7. The second-order valence-corrected chi connectivity index (χ2v) is 5.34. The number of hydrogen-bond acceptors (Lipinski definition) is 3. The molecule has 0 saturated heterocycles. The molecule has 2 aromatic rings. The third-order valence-corrected chi connectivity index (χ3v) is 3.88. The lowest BCUT2D eigenvalue weighted by atomic mass is 10.1. The second-order valence-electron chi connectivity index (χ2n) is 4.36. The fourth-order valence-electron chi connectivity index (χ4n) is 1.90. The summed E-state index contributed by atoms with van der Waals surface area (Å²) in [5.41, 5.74) is 5.63. The first kappa shape index (κ1) is 14.6. The molecule has 0 aliphatic heterocycles. The van der Waals surface area contributed by atoms with Crippen molar-refractivity contribution in [1.82, 2.24) is 5.32 Å². The van der Waals surface area contributed by atoms with E-state index in [0.717, 1.165) is 12.1 Å². The van der Waals surface area contributed by atoms with E-state index < -0.39 is 29.6 Å². The number of halogens is 2. The van der Waals surface area contributed by atoms with E-state index in [9.17, 15) is 13.6 Å². The van der Waals surface area contributed by atoms with Gasteiger partial charge in [0.05, 0.1) is 6.04 Å². The van der Waals surface area contributed by atoms with Crippen LogP contribution in [0.4, 0.5) is 8.78 Å². The summed E-state index contributed by atoms with van der Waals surface area (Å²) in [5.74, 6) is -1.85. The SMILES string of the molecule is CC(NC(=O)C(N)c1cccs1)c1c(F)cccc1F. The average Bonchev–Trinajstić information content (AvgIpc) is 2.91. The lowest BCUT2D eigenvalue weighted by Gasteiger charge is -2.18. The number of thiophene rings is 1. The molecule has 0 spiro atoms. The second kappa shape index (κ2) is 6.11. The predicted molar refractivity (Wildman–Crippen MR) is 74.2 cm³/mol. The Kier molecular flexibility index (Phi) is 4.46. The van der Waals surface area contributed by atoms with Crippen molar-refractivity contribution in [3.63, 3.8) is 0 Å². The third kappa shape index (κ3) is 3.02. The van der Waals surface area contributed by atoms with Gasteiger partial charge in [-0.3, -0.25) is 4.79 Å². The molecule has 1 amide bonds. The van der Waals surface area contributed by atoms with E-state index in [0.29, 0.717) is 4.88 Å². The first-order valence-electron chi connectivity index (χ1n) is 6.04. The molecule has 2 rings (SSSR count). The number of hydrogen-bond donors (Lipinski definition) is 2. The summed E-state index contributed by atoms with van der Waals surface area (Å²) >= 11 is 1.35. The molecule has 1 aromatic heterocycles. The van der Waals surface area contributed by atoms with Gasteiger partial charge in [0, 0.05) is 10.4 Å².